The van der Waals surface area contributed by atoms with E-state index in [4.69, 9.17) is 91.7 Å². The van der Waals surface area contributed by atoms with Gasteiger partial charge in [0.25, 0.3) is 5.69 Å². The number of halogens is 4. The van der Waals surface area contributed by atoms with Crippen LogP contribution in [0.25, 0.3) is 99.5 Å². The number of esters is 3. The van der Waals surface area contributed by atoms with E-state index < -0.39 is 75.6 Å². The van der Waals surface area contributed by atoms with Gasteiger partial charge in [-0.1, -0.05) is 126 Å². The second-order valence-corrected chi connectivity index (χ2v) is 38.1. The van der Waals surface area contributed by atoms with Crippen molar-refractivity contribution in [1.82, 2.24) is 48.7 Å². The number of carboxylic acids is 1. The van der Waals surface area contributed by atoms with E-state index in [2.05, 4.69) is 66.6 Å². The summed E-state index contributed by atoms with van der Waals surface area (Å²) in [4.78, 5) is 66.3. The van der Waals surface area contributed by atoms with Gasteiger partial charge in [-0.25, -0.2) is 28.5 Å². The molecule has 4 N–H and O–H groups in total. The Morgan fingerprint density at radius 1 is 0.485 bits per heavy atom. The molecule has 26 nitrogen and oxygen atoms in total. The van der Waals surface area contributed by atoms with Crippen molar-refractivity contribution >= 4 is 125 Å². The Bertz CT molecular complexity index is 6840. The number of benzene rings is 8. The Morgan fingerprint density at radius 3 is 1.12 bits per heavy atom. The standard InChI is InChI=1S/C26H27ClN4O3.C26H29ClN2O3.C25H25ClN4O3.C23H25ClN2O5.2CH4/c1-14-11-19-21(16-7-9-17(27)10-8-16)20(24(25(32)33-6)34-26(3,4)5)15(2)22-23(19)30(14)13-18-12-28-29-31(18)22;1-8-13-29-15(2)14-19-21(17-9-11-18(27)12-10-17)20(16(3)22(28)23(19)29)24(25(30)31-7)32-26(4,5)6;1-13-10-18-20(15-6-8-16(26)9-7-15)19(23(24(31)32)33-25(3,4)5)14(2)21-22(18)29(13)12-17-11-27-28-30(17)21;1-12-11-16-18(14-7-9-15(24)10-8-14)17(13(2)20(26(28)29)19(16)25-12)21(22(27)30-6)31-23(3,4)5;;/h7-12,24H,13H2,1-6H3;1,9-12,14,24H,13,28H2,2-7H3;6-11,23H,12H2,1-5H3,(H,31,32);7-11,21,25H,1-6H3;2*1H4/t2*24-;23-;21-;;/m0000../s1. The Kier molecular flexibility index (Phi) is 29.6. The van der Waals surface area contributed by atoms with Crippen LogP contribution < -0.4 is 5.73 Å². The fourth-order valence-electron chi connectivity index (χ4n) is 17.5. The van der Waals surface area contributed by atoms with Gasteiger partial charge in [0, 0.05) is 92.2 Å². The smallest absolute Gasteiger partial charge is 0.339 e. The lowest BCUT2D eigenvalue weighted by atomic mass is 9.87. The quantitative estimate of drug-likeness (QED) is 0.0179. The molecule has 0 saturated heterocycles. The number of ether oxygens (including phenoxy) is 7. The number of hydrogen-bond acceptors (Lipinski definition) is 18. The summed E-state index contributed by atoms with van der Waals surface area (Å²) in [7, 11) is 4.01. The number of fused-ring (bicyclic) bond motifs is 6. The number of nitro benzene ring substituents is 1. The van der Waals surface area contributed by atoms with Crippen molar-refractivity contribution in [3.63, 3.8) is 0 Å². The third kappa shape index (κ3) is 19.8. The fraction of sp³-hybridized carbons (Fsp3) is 0.353. The molecule has 4 atom stereocenters. The number of carbonyl (C=O) groups is 4. The van der Waals surface area contributed by atoms with Gasteiger partial charge in [-0.2, -0.15) is 0 Å². The summed E-state index contributed by atoms with van der Waals surface area (Å²) in [5.41, 5.74) is 27.4. The van der Waals surface area contributed by atoms with E-state index in [1.165, 1.54) is 21.3 Å². The molecule has 0 amide bonds. The predicted molar refractivity (Wildman–Crippen MR) is 523 cm³/mol. The number of nitrogens with two attached hydrogens (primary N) is 1. The Morgan fingerprint density at radius 2 is 0.795 bits per heavy atom. The average molecular weight is 1870 g/mol. The van der Waals surface area contributed by atoms with E-state index in [-0.39, 0.29) is 20.5 Å². The van der Waals surface area contributed by atoms with Crippen LogP contribution in [-0.4, -0.2) is 126 Å². The van der Waals surface area contributed by atoms with Crippen LogP contribution >= 0.6 is 46.4 Å². The van der Waals surface area contributed by atoms with Crippen LogP contribution in [0.5, 0.6) is 0 Å². The van der Waals surface area contributed by atoms with Gasteiger partial charge in [0.1, 0.15) is 5.52 Å². The number of nitro groups is 1. The molecule has 694 valence electrons. The highest BCUT2D eigenvalue weighted by atomic mass is 35.5. The molecular weight excluding hydrogens is 1760 g/mol. The van der Waals surface area contributed by atoms with Crippen molar-refractivity contribution in [1.29, 1.82) is 0 Å². The van der Waals surface area contributed by atoms with Crippen LogP contribution in [0.3, 0.4) is 0 Å². The number of H-pyrrole nitrogens is 1. The molecule has 8 aromatic carbocycles. The predicted octanol–water partition coefficient (Wildman–Crippen LogP) is 24.1. The molecule has 0 spiro atoms. The van der Waals surface area contributed by atoms with E-state index >= 15 is 0 Å². The molecule has 2 aliphatic heterocycles. The minimum atomic E-state index is -1.17. The van der Waals surface area contributed by atoms with Gasteiger partial charge in [-0.15, -0.1) is 16.6 Å². The molecule has 0 saturated carbocycles. The zero-order valence-corrected chi connectivity index (χ0v) is 80.0. The molecule has 14 aromatic rings. The zero-order valence-electron chi connectivity index (χ0n) is 77.0. The lowest BCUT2D eigenvalue weighted by Gasteiger charge is -2.31. The molecule has 0 bridgehead atoms. The van der Waals surface area contributed by atoms with E-state index in [9.17, 15) is 34.4 Å². The van der Waals surface area contributed by atoms with Gasteiger partial charge in [0.05, 0.1) is 126 Å². The minimum absolute atomic E-state index is 0. The maximum atomic E-state index is 13.2. The van der Waals surface area contributed by atoms with Crippen LogP contribution in [0.2, 0.25) is 20.1 Å². The first-order chi connectivity index (χ1) is 61.1. The number of aromatic amines is 1. The summed E-state index contributed by atoms with van der Waals surface area (Å²) >= 11 is 24.6. The number of nitrogen functional groups attached to an aromatic ring is 1. The van der Waals surface area contributed by atoms with E-state index in [0.29, 0.717) is 84.1 Å². The molecule has 16 rings (SSSR count). The molecule has 30 heteroatoms. The summed E-state index contributed by atoms with van der Waals surface area (Å²) < 4.78 is 50.5. The van der Waals surface area contributed by atoms with Crippen LogP contribution in [-0.2, 0) is 72.0 Å². The van der Waals surface area contributed by atoms with Crippen molar-refractivity contribution in [3.05, 3.63) is 243 Å². The molecule has 0 aliphatic carbocycles. The van der Waals surface area contributed by atoms with Crippen molar-refractivity contribution in [3.8, 4) is 68.2 Å². The van der Waals surface area contributed by atoms with Gasteiger partial charge in [-0.3, -0.25) is 10.1 Å². The van der Waals surface area contributed by atoms with Gasteiger partial charge >= 0.3 is 23.9 Å². The lowest BCUT2D eigenvalue weighted by molar-refractivity contribution is -0.383. The Hall–Kier alpha value is -12.2. The number of anilines is 1. The van der Waals surface area contributed by atoms with Crippen molar-refractivity contribution < 1.29 is 62.4 Å². The van der Waals surface area contributed by atoms with E-state index in [1.807, 2.05) is 229 Å². The monoisotopic (exact) mass is 1870 g/mol. The Labute approximate surface area is 789 Å². The summed E-state index contributed by atoms with van der Waals surface area (Å²) in [6, 6.07) is 37.9. The first kappa shape index (κ1) is 100. The number of carbonyl (C=O) groups excluding carboxylic acids is 3. The summed E-state index contributed by atoms with van der Waals surface area (Å²) in [6.45, 7) is 39.7. The SMILES string of the molecule is C.C.C#CCn1c(C)cc2c(-c3ccc(Cl)cc3)c([C@H](OC(C)(C)C)C(=O)OC)c(C)c(N)c21.COC(=O)[C@@H](OC(C)(C)C)c1c(C)c([N+](=O)[O-])c2[nH]c(C)cc2c1-c1ccc(Cl)cc1.COC(=O)[C@@H](OC(C)(C)C)c1c(C)c2c3c(cc(C)n3Cc3cnnn3-2)c1-c1ccc(Cl)cc1.Cc1c([C@H](OC(C)(C)C)C(=O)O)c(-c2ccc(Cl)cc2)c2cc(C)n3c2c1-n1nncc1C3. The molecule has 0 fully saturated rings. The molecule has 6 aromatic heterocycles. The molecule has 132 heavy (non-hydrogen) atoms. The highest BCUT2D eigenvalue weighted by Crippen LogP contribution is 2.52. The molecule has 0 radical (unpaired) electrons. The number of nitrogens with one attached hydrogen (secondary N) is 1. The highest BCUT2D eigenvalue weighted by molar-refractivity contribution is 6.32. The second kappa shape index (κ2) is 38.9. The van der Waals surface area contributed by atoms with Gasteiger partial charge in [0.2, 0.25) is 0 Å². The number of hydrogen-bond donors (Lipinski definition) is 3. The summed E-state index contributed by atoms with van der Waals surface area (Å²) in [5, 5.41) is 45.3. The van der Waals surface area contributed by atoms with Gasteiger partial charge in [0.15, 0.2) is 24.4 Å². The maximum Gasteiger partial charge on any atom is 0.339 e. The third-order valence-corrected chi connectivity index (χ3v) is 23.7. The maximum absolute atomic E-state index is 13.2. The number of rotatable bonds is 18. The number of aryl methyl sites for hydroxylation is 4. The zero-order chi connectivity index (χ0) is 94.9. The average Bonchev–Trinajstić information content (AvgIpc) is 1.53. The van der Waals surface area contributed by atoms with Gasteiger partial charge in [-0.05, 0) is 272 Å². The summed E-state index contributed by atoms with van der Waals surface area (Å²) in [5.74, 6) is 0.0896. The second-order valence-electron chi connectivity index (χ2n) is 36.4. The topological polar surface area (TPSA) is 314 Å². The normalized spacial score (nSPS) is 13.0. The molecule has 2 aliphatic rings. The number of terminal acetylenes is 1. The van der Waals surface area contributed by atoms with E-state index in [1.54, 1.807) is 31.5 Å². The fourth-order valence-corrected chi connectivity index (χ4v) is 18.0. The minimum Gasteiger partial charge on any atom is -0.479 e. The van der Waals surface area contributed by atoms with E-state index in [0.717, 1.165) is 139 Å². The van der Waals surface area contributed by atoms with Gasteiger partial charge < -0.3 is 62.7 Å². The lowest BCUT2D eigenvalue weighted by Crippen LogP contribution is -2.29. The van der Waals surface area contributed by atoms with Crippen molar-refractivity contribution in [2.75, 3.05) is 27.1 Å². The number of aromatic nitrogens is 10. The van der Waals surface area contributed by atoms with Crippen LogP contribution in [0, 0.1) is 77.8 Å². The third-order valence-electron chi connectivity index (χ3n) is 22.7. The number of aliphatic carboxylic acids is 1. The number of methoxy groups -OCH3 is 3. The van der Waals surface area contributed by atoms with Crippen LogP contribution in [0.4, 0.5) is 11.4 Å². The van der Waals surface area contributed by atoms with Crippen LogP contribution in [0.1, 0.15) is 201 Å². The number of carboxylic acid groups (broad SMARTS) is 1. The molecule has 0 unspecified atom stereocenters. The molecule has 8 heterocycles. The number of nitrogens with zero attached hydrogens (tertiary/aromatic N) is 10. The largest absolute Gasteiger partial charge is 0.479 e. The Balaban J connectivity index is 0.000000169. The summed E-state index contributed by atoms with van der Waals surface area (Å²) in [6.07, 6.45) is 4.93. The highest BCUT2D eigenvalue weighted by Gasteiger charge is 2.42. The van der Waals surface area contributed by atoms with Crippen molar-refractivity contribution in [2.45, 2.75) is 220 Å². The first-order valence-corrected chi connectivity index (χ1v) is 43.6. The molecular formula is C102H114Cl4N12O14. The van der Waals surface area contributed by atoms with Crippen LogP contribution in [0.15, 0.2) is 134 Å². The van der Waals surface area contributed by atoms with Crippen molar-refractivity contribution in [2.24, 2.45) is 0 Å². The first-order valence-electron chi connectivity index (χ1n) is 42.1.